The number of amides is 2. The van der Waals surface area contributed by atoms with Crippen LogP contribution in [-0.2, 0) is 6.54 Å². The summed E-state index contributed by atoms with van der Waals surface area (Å²) >= 11 is 0. The molecule has 0 spiro atoms. The molecule has 128 valence electrons. The number of carbonyl (C=O) groups is 2. The van der Waals surface area contributed by atoms with Crippen LogP contribution in [0.1, 0.15) is 31.1 Å². The van der Waals surface area contributed by atoms with Gasteiger partial charge < -0.3 is 15.4 Å². The summed E-state index contributed by atoms with van der Waals surface area (Å²) in [6.45, 7) is 6.14. The van der Waals surface area contributed by atoms with Crippen LogP contribution >= 0.6 is 0 Å². The van der Waals surface area contributed by atoms with Crippen LogP contribution in [0, 0.1) is 0 Å². The number of benzene rings is 1. The van der Waals surface area contributed by atoms with Crippen molar-refractivity contribution in [2.24, 2.45) is 0 Å². The summed E-state index contributed by atoms with van der Waals surface area (Å²) in [7, 11) is 0. The minimum atomic E-state index is -0.385. The largest absolute Gasteiger partial charge is 0.492 e. The zero-order chi connectivity index (χ0) is 17.5. The smallest absolute Gasteiger partial charge is 0.319 e. The highest BCUT2D eigenvalue weighted by molar-refractivity contribution is 5.97. The first kappa shape index (κ1) is 17.5. The Morgan fingerprint density at radius 1 is 1.38 bits per heavy atom. The highest BCUT2D eigenvalue weighted by Gasteiger charge is 2.13. The van der Waals surface area contributed by atoms with Crippen molar-refractivity contribution in [3.05, 3.63) is 36.4 Å². The number of ketones is 1. The van der Waals surface area contributed by atoms with Gasteiger partial charge in [0, 0.05) is 11.6 Å². The molecule has 8 nitrogen and oxygen atoms in total. The van der Waals surface area contributed by atoms with E-state index in [4.69, 9.17) is 4.74 Å². The van der Waals surface area contributed by atoms with Crippen LogP contribution in [-0.4, -0.2) is 39.2 Å². The molecule has 1 aromatic heterocycles. The number of hydrogen-bond acceptors (Lipinski definition) is 5. The van der Waals surface area contributed by atoms with Gasteiger partial charge >= 0.3 is 6.03 Å². The highest BCUT2D eigenvalue weighted by atomic mass is 16.5. The van der Waals surface area contributed by atoms with Gasteiger partial charge in [0.2, 0.25) is 0 Å². The Morgan fingerprint density at radius 2 is 2.17 bits per heavy atom. The summed E-state index contributed by atoms with van der Waals surface area (Å²) in [4.78, 5) is 27.6. The van der Waals surface area contributed by atoms with Crippen molar-refractivity contribution in [3.8, 4) is 5.75 Å². The Kier molecular flexibility index (Phi) is 5.89. The number of aromatic nitrogens is 3. The minimum Gasteiger partial charge on any atom is -0.492 e. The van der Waals surface area contributed by atoms with Crippen molar-refractivity contribution in [2.75, 3.05) is 11.9 Å². The van der Waals surface area contributed by atoms with Gasteiger partial charge in [-0.2, -0.15) is 5.10 Å². The number of anilines is 1. The monoisotopic (exact) mass is 331 g/mol. The quantitative estimate of drug-likeness (QED) is 0.757. The van der Waals surface area contributed by atoms with Gasteiger partial charge in [0.25, 0.3) is 0 Å². The lowest BCUT2D eigenvalue weighted by molar-refractivity contribution is 0.101. The van der Waals surface area contributed by atoms with Gasteiger partial charge in [0.15, 0.2) is 5.78 Å². The van der Waals surface area contributed by atoms with Crippen molar-refractivity contribution in [3.63, 3.8) is 0 Å². The maximum Gasteiger partial charge on any atom is 0.319 e. The Bertz CT molecular complexity index is 700. The summed E-state index contributed by atoms with van der Waals surface area (Å²) in [6.07, 6.45) is 3.02. The molecule has 2 amide bonds. The van der Waals surface area contributed by atoms with E-state index in [-0.39, 0.29) is 17.9 Å². The number of hydrogen-bond donors (Lipinski definition) is 2. The van der Waals surface area contributed by atoms with Crippen LogP contribution < -0.4 is 15.4 Å². The van der Waals surface area contributed by atoms with E-state index in [1.807, 2.05) is 13.8 Å². The first-order valence-corrected chi connectivity index (χ1v) is 7.67. The molecule has 1 unspecified atom stereocenters. The van der Waals surface area contributed by atoms with E-state index in [9.17, 15) is 9.59 Å². The molecule has 24 heavy (non-hydrogen) atoms. The molecule has 0 saturated heterocycles. The van der Waals surface area contributed by atoms with Gasteiger partial charge in [-0.3, -0.25) is 9.48 Å². The second-order valence-electron chi connectivity index (χ2n) is 5.32. The van der Waals surface area contributed by atoms with Crippen LogP contribution in [0.3, 0.4) is 0 Å². The van der Waals surface area contributed by atoms with Crippen LogP contribution in [0.5, 0.6) is 5.75 Å². The van der Waals surface area contributed by atoms with Gasteiger partial charge in [-0.05, 0) is 39.0 Å². The van der Waals surface area contributed by atoms with Crippen LogP contribution in [0.25, 0.3) is 0 Å². The fourth-order valence-electron chi connectivity index (χ4n) is 2.16. The van der Waals surface area contributed by atoms with Crippen molar-refractivity contribution in [2.45, 2.75) is 33.4 Å². The topological polar surface area (TPSA) is 98.1 Å². The zero-order valence-electron chi connectivity index (χ0n) is 13.9. The van der Waals surface area contributed by atoms with E-state index >= 15 is 0 Å². The van der Waals surface area contributed by atoms with Gasteiger partial charge in [0.1, 0.15) is 18.4 Å². The molecule has 2 rings (SSSR count). The van der Waals surface area contributed by atoms with E-state index in [0.29, 0.717) is 30.2 Å². The number of nitrogens with one attached hydrogen (secondary N) is 2. The standard InChI is InChI=1S/C16H21N5O3/c1-4-24-15-6-5-13(12(3)22)7-14(15)20-16(23)19-11(2)8-21-10-17-9-18-21/h5-7,9-11H,4,8H2,1-3H3,(H2,19,20,23). The van der Waals surface area contributed by atoms with Crippen LogP contribution in [0.2, 0.25) is 0 Å². The summed E-state index contributed by atoms with van der Waals surface area (Å²) in [5, 5.41) is 9.53. The molecule has 0 aliphatic carbocycles. The fraction of sp³-hybridized carbons (Fsp3) is 0.375. The number of rotatable bonds is 7. The third kappa shape index (κ3) is 4.80. The Balaban J connectivity index is 2.03. The predicted octanol–water partition coefficient (Wildman–Crippen LogP) is 2.09. The molecular formula is C16H21N5O3. The lowest BCUT2D eigenvalue weighted by atomic mass is 10.1. The molecule has 2 aromatic rings. The molecule has 8 heteroatoms. The SMILES string of the molecule is CCOc1ccc(C(C)=O)cc1NC(=O)NC(C)Cn1cncn1. The molecule has 0 radical (unpaired) electrons. The van der Waals surface area contributed by atoms with Crippen LogP contribution in [0.15, 0.2) is 30.9 Å². The number of ether oxygens (including phenoxy) is 1. The van der Waals surface area contributed by atoms with E-state index in [1.54, 1.807) is 29.2 Å². The first-order valence-electron chi connectivity index (χ1n) is 7.67. The summed E-state index contributed by atoms with van der Waals surface area (Å²) in [5.74, 6) is 0.433. The van der Waals surface area contributed by atoms with Gasteiger partial charge in [-0.25, -0.2) is 9.78 Å². The second kappa shape index (κ2) is 8.09. The number of urea groups is 1. The average molecular weight is 331 g/mol. The maximum absolute atomic E-state index is 12.2. The molecule has 0 bridgehead atoms. The number of Topliss-reactive ketones (excluding diaryl/α,β-unsaturated/α-hetero) is 1. The molecule has 1 atom stereocenters. The molecule has 0 saturated carbocycles. The molecule has 2 N–H and O–H groups in total. The second-order valence-corrected chi connectivity index (χ2v) is 5.32. The van der Waals surface area contributed by atoms with E-state index in [0.717, 1.165) is 0 Å². The molecule has 0 fully saturated rings. The Labute approximate surface area is 140 Å². The Morgan fingerprint density at radius 3 is 2.79 bits per heavy atom. The summed E-state index contributed by atoms with van der Waals surface area (Å²) < 4.78 is 7.12. The van der Waals surface area contributed by atoms with Gasteiger partial charge in [0.05, 0.1) is 18.8 Å². The van der Waals surface area contributed by atoms with Crippen LogP contribution in [0.4, 0.5) is 10.5 Å². The maximum atomic E-state index is 12.2. The predicted molar refractivity (Wildman–Crippen MR) is 89.3 cm³/mol. The molecule has 1 heterocycles. The van der Waals surface area contributed by atoms with Gasteiger partial charge in [-0.1, -0.05) is 0 Å². The van der Waals surface area contributed by atoms with E-state index in [1.165, 1.54) is 13.3 Å². The minimum absolute atomic E-state index is 0.0824. The zero-order valence-corrected chi connectivity index (χ0v) is 13.9. The van der Waals surface area contributed by atoms with Crippen molar-refractivity contribution < 1.29 is 14.3 Å². The fourth-order valence-corrected chi connectivity index (χ4v) is 2.16. The molecule has 0 aliphatic rings. The van der Waals surface area contributed by atoms with Crippen molar-refractivity contribution in [1.82, 2.24) is 20.1 Å². The summed E-state index contributed by atoms with van der Waals surface area (Å²) in [5.41, 5.74) is 0.958. The lowest BCUT2D eigenvalue weighted by Gasteiger charge is -2.16. The third-order valence-corrected chi connectivity index (χ3v) is 3.24. The lowest BCUT2D eigenvalue weighted by Crippen LogP contribution is -2.38. The molecule has 0 aliphatic heterocycles. The molecular weight excluding hydrogens is 310 g/mol. The summed E-state index contributed by atoms with van der Waals surface area (Å²) in [6, 6.07) is 4.41. The van der Waals surface area contributed by atoms with Crippen molar-refractivity contribution in [1.29, 1.82) is 0 Å². The highest BCUT2D eigenvalue weighted by Crippen LogP contribution is 2.26. The van der Waals surface area contributed by atoms with Crippen molar-refractivity contribution >= 4 is 17.5 Å². The van der Waals surface area contributed by atoms with E-state index < -0.39 is 0 Å². The number of carbonyl (C=O) groups excluding carboxylic acids is 2. The normalized spacial score (nSPS) is 11.6. The molecule has 1 aromatic carbocycles. The van der Waals surface area contributed by atoms with Gasteiger partial charge in [-0.15, -0.1) is 0 Å². The third-order valence-electron chi connectivity index (χ3n) is 3.24. The van der Waals surface area contributed by atoms with E-state index in [2.05, 4.69) is 20.7 Å². The first-order chi connectivity index (χ1) is 11.5. The number of nitrogens with zero attached hydrogens (tertiary/aromatic N) is 3. The Hall–Kier alpha value is -2.90. The average Bonchev–Trinajstić information content (AvgIpc) is 3.01.